The molecular formula is C10H17N3O. The molecule has 14 heavy (non-hydrogen) atoms. The fourth-order valence-electron chi connectivity index (χ4n) is 1.84. The zero-order valence-electron chi connectivity index (χ0n) is 8.57. The van der Waals surface area contributed by atoms with Gasteiger partial charge in [-0.05, 0) is 19.8 Å². The quantitative estimate of drug-likeness (QED) is 0.771. The van der Waals surface area contributed by atoms with Crippen molar-refractivity contribution in [2.75, 3.05) is 18.9 Å². The van der Waals surface area contributed by atoms with Gasteiger partial charge < -0.3 is 10.5 Å². The first-order valence-electron chi connectivity index (χ1n) is 5.13. The maximum atomic E-state index is 5.73. The highest BCUT2D eigenvalue weighted by atomic mass is 16.5. The van der Waals surface area contributed by atoms with Crippen LogP contribution < -0.4 is 5.73 Å². The highest BCUT2D eigenvalue weighted by molar-refractivity contribution is 5.39. The summed E-state index contributed by atoms with van der Waals surface area (Å²) in [7, 11) is 0. The highest BCUT2D eigenvalue weighted by Gasteiger charge is 2.15. The number of ether oxygens (including phenoxy) is 1. The molecule has 1 unspecified atom stereocenters. The van der Waals surface area contributed by atoms with Crippen molar-refractivity contribution in [3.8, 4) is 0 Å². The molecule has 1 aromatic rings. The number of rotatable bonds is 2. The Morgan fingerprint density at radius 1 is 1.71 bits per heavy atom. The zero-order valence-corrected chi connectivity index (χ0v) is 8.57. The van der Waals surface area contributed by atoms with Crippen molar-refractivity contribution < 1.29 is 4.74 Å². The zero-order chi connectivity index (χ0) is 9.97. The second-order valence-electron chi connectivity index (χ2n) is 3.95. The summed E-state index contributed by atoms with van der Waals surface area (Å²) in [5, 5.41) is 4.25. The van der Waals surface area contributed by atoms with Gasteiger partial charge in [0.15, 0.2) is 0 Å². The van der Waals surface area contributed by atoms with Crippen molar-refractivity contribution >= 4 is 5.69 Å². The van der Waals surface area contributed by atoms with Crippen molar-refractivity contribution in [1.29, 1.82) is 0 Å². The molecule has 4 nitrogen and oxygen atoms in total. The van der Waals surface area contributed by atoms with Crippen LogP contribution in [0, 0.1) is 12.8 Å². The number of nitrogens with zero attached hydrogens (tertiary/aromatic N) is 2. The Balaban J connectivity index is 1.99. The third-order valence-electron chi connectivity index (χ3n) is 2.83. The van der Waals surface area contributed by atoms with E-state index >= 15 is 0 Å². The molecule has 0 radical (unpaired) electrons. The van der Waals surface area contributed by atoms with Gasteiger partial charge in [-0.2, -0.15) is 5.10 Å². The van der Waals surface area contributed by atoms with Gasteiger partial charge in [0.2, 0.25) is 0 Å². The van der Waals surface area contributed by atoms with Crippen LogP contribution in [0.1, 0.15) is 18.5 Å². The van der Waals surface area contributed by atoms with Crippen molar-refractivity contribution in [3.05, 3.63) is 11.9 Å². The lowest BCUT2D eigenvalue weighted by Gasteiger charge is -2.22. The van der Waals surface area contributed by atoms with Crippen molar-refractivity contribution in [1.82, 2.24) is 9.78 Å². The third kappa shape index (κ3) is 1.90. The average Bonchev–Trinajstić information content (AvgIpc) is 2.52. The van der Waals surface area contributed by atoms with Crippen LogP contribution in [-0.2, 0) is 11.3 Å². The average molecular weight is 195 g/mol. The van der Waals surface area contributed by atoms with E-state index in [1.165, 1.54) is 12.8 Å². The maximum Gasteiger partial charge on any atom is 0.0730 e. The molecule has 4 heteroatoms. The van der Waals surface area contributed by atoms with Crippen LogP contribution in [-0.4, -0.2) is 23.0 Å². The normalized spacial score (nSPS) is 22.5. The minimum atomic E-state index is 0.599. The molecule has 0 saturated carbocycles. The summed E-state index contributed by atoms with van der Waals surface area (Å²) in [5.41, 5.74) is 7.58. The monoisotopic (exact) mass is 195 g/mol. The molecule has 1 fully saturated rings. The summed E-state index contributed by atoms with van der Waals surface area (Å²) in [6.07, 6.45) is 4.12. The highest BCUT2D eigenvalue weighted by Crippen LogP contribution is 2.17. The Hall–Kier alpha value is -1.03. The van der Waals surface area contributed by atoms with Gasteiger partial charge in [-0.1, -0.05) is 0 Å². The molecule has 1 saturated heterocycles. The molecular weight excluding hydrogens is 178 g/mol. The Bertz CT molecular complexity index is 302. The molecule has 78 valence electrons. The molecule has 0 amide bonds. The molecule has 1 aliphatic heterocycles. The van der Waals surface area contributed by atoms with Crippen molar-refractivity contribution in [2.45, 2.75) is 26.3 Å². The maximum absolute atomic E-state index is 5.73. The van der Waals surface area contributed by atoms with E-state index in [0.29, 0.717) is 5.92 Å². The number of aromatic nitrogens is 2. The van der Waals surface area contributed by atoms with Gasteiger partial charge in [0.25, 0.3) is 0 Å². The number of hydrogen-bond donors (Lipinski definition) is 1. The summed E-state index contributed by atoms with van der Waals surface area (Å²) < 4.78 is 7.41. The number of anilines is 1. The smallest absolute Gasteiger partial charge is 0.0730 e. The van der Waals surface area contributed by atoms with Gasteiger partial charge in [0, 0.05) is 19.1 Å². The summed E-state index contributed by atoms with van der Waals surface area (Å²) >= 11 is 0. The predicted molar refractivity (Wildman–Crippen MR) is 54.9 cm³/mol. The second-order valence-corrected chi connectivity index (χ2v) is 3.95. The standard InChI is InChI=1S/C10H17N3O/c1-8-10(11)5-12-13(8)6-9-3-2-4-14-7-9/h5,9H,2-4,6-7,11H2,1H3. The minimum absolute atomic E-state index is 0.599. The third-order valence-corrected chi connectivity index (χ3v) is 2.83. The van der Waals surface area contributed by atoms with Gasteiger partial charge in [-0.25, -0.2) is 0 Å². The molecule has 1 aromatic heterocycles. The Morgan fingerprint density at radius 3 is 3.14 bits per heavy atom. The molecule has 2 heterocycles. The van der Waals surface area contributed by atoms with Crippen LogP contribution in [0.2, 0.25) is 0 Å². The first kappa shape index (κ1) is 9.52. The first-order chi connectivity index (χ1) is 6.77. The molecule has 0 aromatic carbocycles. The van der Waals surface area contributed by atoms with Crippen LogP contribution in [0.3, 0.4) is 0 Å². The van der Waals surface area contributed by atoms with Crippen LogP contribution >= 0.6 is 0 Å². The van der Waals surface area contributed by atoms with Crippen LogP contribution in [0.4, 0.5) is 5.69 Å². The topological polar surface area (TPSA) is 53.1 Å². The lowest BCUT2D eigenvalue weighted by molar-refractivity contribution is 0.0468. The molecule has 0 aliphatic carbocycles. The van der Waals surface area contributed by atoms with E-state index in [2.05, 4.69) is 5.10 Å². The molecule has 2 N–H and O–H groups in total. The van der Waals surface area contributed by atoms with Crippen LogP contribution in [0.15, 0.2) is 6.20 Å². The lowest BCUT2D eigenvalue weighted by Crippen LogP contribution is -2.23. The van der Waals surface area contributed by atoms with Crippen LogP contribution in [0.25, 0.3) is 0 Å². The Kier molecular flexibility index (Phi) is 2.72. The number of nitrogen functional groups attached to an aromatic ring is 1. The fraction of sp³-hybridized carbons (Fsp3) is 0.700. The summed E-state index contributed by atoms with van der Waals surface area (Å²) in [6, 6.07) is 0. The molecule has 1 atom stereocenters. The van der Waals surface area contributed by atoms with E-state index in [1.54, 1.807) is 6.20 Å². The van der Waals surface area contributed by atoms with Gasteiger partial charge in [0.05, 0.1) is 24.2 Å². The lowest BCUT2D eigenvalue weighted by atomic mass is 10.0. The van der Waals surface area contributed by atoms with Gasteiger partial charge >= 0.3 is 0 Å². The van der Waals surface area contributed by atoms with Gasteiger partial charge in [0.1, 0.15) is 0 Å². The molecule has 0 bridgehead atoms. The summed E-state index contributed by atoms with van der Waals surface area (Å²) in [6.45, 7) is 4.71. The van der Waals surface area contributed by atoms with Crippen molar-refractivity contribution in [3.63, 3.8) is 0 Å². The van der Waals surface area contributed by atoms with Crippen LogP contribution in [0.5, 0.6) is 0 Å². The van der Waals surface area contributed by atoms with Gasteiger partial charge in [-0.15, -0.1) is 0 Å². The van der Waals surface area contributed by atoms with E-state index < -0.39 is 0 Å². The largest absolute Gasteiger partial charge is 0.396 e. The fourth-order valence-corrected chi connectivity index (χ4v) is 1.84. The molecule has 1 aliphatic rings. The Morgan fingerprint density at radius 2 is 2.57 bits per heavy atom. The predicted octanol–water partition coefficient (Wildman–Crippen LogP) is 1.20. The van der Waals surface area contributed by atoms with E-state index in [1.807, 2.05) is 11.6 Å². The van der Waals surface area contributed by atoms with E-state index in [4.69, 9.17) is 10.5 Å². The minimum Gasteiger partial charge on any atom is -0.396 e. The first-order valence-corrected chi connectivity index (χ1v) is 5.13. The molecule has 0 spiro atoms. The van der Waals surface area contributed by atoms with Crippen molar-refractivity contribution in [2.24, 2.45) is 5.92 Å². The SMILES string of the molecule is Cc1c(N)cnn1CC1CCCOC1. The van der Waals surface area contributed by atoms with E-state index in [0.717, 1.165) is 31.1 Å². The van der Waals surface area contributed by atoms with E-state index in [-0.39, 0.29) is 0 Å². The van der Waals surface area contributed by atoms with Gasteiger partial charge in [-0.3, -0.25) is 4.68 Å². The Labute approximate surface area is 84.0 Å². The summed E-state index contributed by atoms with van der Waals surface area (Å²) in [4.78, 5) is 0. The number of hydrogen-bond acceptors (Lipinski definition) is 3. The van der Waals surface area contributed by atoms with E-state index in [9.17, 15) is 0 Å². The molecule has 2 rings (SSSR count). The number of nitrogens with two attached hydrogens (primary N) is 1. The second kappa shape index (κ2) is 4.00. The summed E-state index contributed by atoms with van der Waals surface area (Å²) in [5.74, 6) is 0.599.